The first-order valence-corrected chi connectivity index (χ1v) is 28.2. The van der Waals surface area contributed by atoms with Gasteiger partial charge in [-0.25, -0.2) is 0 Å². The van der Waals surface area contributed by atoms with Crippen molar-refractivity contribution in [2.24, 2.45) is 0 Å². The average Bonchev–Trinajstić information content (AvgIpc) is 3.37. The number of nitrogens with zero attached hydrogens (tertiary/aromatic N) is 7. The van der Waals surface area contributed by atoms with Crippen molar-refractivity contribution in [1.82, 2.24) is 19.9 Å². The fourth-order valence-electron chi connectivity index (χ4n) is 8.41. The van der Waals surface area contributed by atoms with E-state index in [4.69, 9.17) is 43.4 Å². The molecule has 0 fully saturated rings. The molecule has 0 aliphatic heterocycles. The zero-order valence-corrected chi connectivity index (χ0v) is 45.9. The lowest BCUT2D eigenvalue weighted by Gasteiger charge is -2.28. The second-order valence-corrected chi connectivity index (χ2v) is 19.1. The fourth-order valence-corrected chi connectivity index (χ4v) is 8.41. The Balaban J connectivity index is 2.87. The van der Waals surface area contributed by atoms with E-state index in [0.29, 0.717) is 39.1 Å². The number of ether oxygens (including phenoxy) is 6. The van der Waals surface area contributed by atoms with Crippen LogP contribution in [0.15, 0.2) is 0 Å². The highest BCUT2D eigenvalue weighted by Crippen LogP contribution is 2.22. The Bertz CT molecular complexity index is 1270. The quantitative estimate of drug-likeness (QED) is 0.0357. The summed E-state index contributed by atoms with van der Waals surface area (Å²) in [6.07, 6.45) is 38.1. The maximum Gasteiger partial charge on any atom is 0.307 e. The van der Waals surface area contributed by atoms with Gasteiger partial charge in [0.25, 0.3) is 0 Å². The van der Waals surface area contributed by atoms with Crippen LogP contribution in [0.2, 0.25) is 0 Å². The summed E-state index contributed by atoms with van der Waals surface area (Å²) in [6, 6.07) is 0. The SMILES string of the molecule is CCCCCCCCCCCCCCCCCC(=O)OCN(COC)c1nc(N(COC)COCCN(CCO)CCO)nc(N(COC)COC(=O)CCCCCCCCCCCCCCCCC)n1. The number of carbonyl (C=O) groups is 2. The maximum atomic E-state index is 13.0. The molecule has 0 bridgehead atoms. The number of hydrogen-bond donors (Lipinski definition) is 2. The summed E-state index contributed by atoms with van der Waals surface area (Å²) in [4.78, 5) is 47.0. The first kappa shape index (κ1) is 66.1. The molecule has 0 radical (unpaired) electrons. The maximum absolute atomic E-state index is 13.0. The van der Waals surface area contributed by atoms with Gasteiger partial charge < -0.3 is 38.6 Å². The highest BCUT2D eigenvalue weighted by molar-refractivity contribution is 5.70. The Labute approximate surface area is 431 Å². The molecule has 416 valence electrons. The van der Waals surface area contributed by atoms with Crippen LogP contribution >= 0.6 is 0 Å². The number of hydrogen-bond acceptors (Lipinski definition) is 17. The Hall–Kier alpha value is -2.93. The summed E-state index contributed by atoms with van der Waals surface area (Å²) in [7, 11) is 4.61. The van der Waals surface area contributed by atoms with E-state index in [1.807, 2.05) is 4.90 Å². The second-order valence-electron chi connectivity index (χ2n) is 19.1. The molecule has 1 aromatic rings. The normalized spacial score (nSPS) is 11.4. The molecule has 0 saturated carbocycles. The van der Waals surface area contributed by atoms with Crippen LogP contribution in [0.3, 0.4) is 0 Å². The molecule has 0 aliphatic rings. The number of carbonyl (C=O) groups excluding carboxylic acids is 2. The summed E-state index contributed by atoms with van der Waals surface area (Å²) in [5.41, 5.74) is 0. The van der Waals surface area contributed by atoms with Gasteiger partial charge in [-0.15, -0.1) is 0 Å². The van der Waals surface area contributed by atoms with Crippen molar-refractivity contribution in [2.75, 3.05) is 116 Å². The molecule has 17 heteroatoms. The van der Waals surface area contributed by atoms with Gasteiger partial charge in [0.15, 0.2) is 13.5 Å². The summed E-state index contributed by atoms with van der Waals surface area (Å²) in [6.45, 7) is 5.79. The van der Waals surface area contributed by atoms with Crippen molar-refractivity contribution in [2.45, 2.75) is 219 Å². The molecular formula is C54H105N7O10. The van der Waals surface area contributed by atoms with E-state index in [1.165, 1.54) is 168 Å². The number of aromatic nitrogens is 3. The van der Waals surface area contributed by atoms with Crippen LogP contribution in [-0.2, 0) is 38.0 Å². The van der Waals surface area contributed by atoms with Crippen molar-refractivity contribution in [3.8, 4) is 0 Å². The van der Waals surface area contributed by atoms with Crippen LogP contribution in [0, 0.1) is 0 Å². The van der Waals surface area contributed by atoms with Gasteiger partial charge in [0, 0.05) is 53.8 Å². The number of anilines is 3. The van der Waals surface area contributed by atoms with Gasteiger partial charge in [-0.1, -0.05) is 194 Å². The lowest BCUT2D eigenvalue weighted by atomic mass is 10.0. The van der Waals surface area contributed by atoms with Crippen molar-refractivity contribution in [3.05, 3.63) is 0 Å². The summed E-state index contributed by atoms with van der Waals surface area (Å²) >= 11 is 0. The predicted molar refractivity (Wildman–Crippen MR) is 285 cm³/mol. The molecule has 0 aliphatic carbocycles. The smallest absolute Gasteiger partial charge is 0.307 e. The van der Waals surface area contributed by atoms with Gasteiger partial charge in [0.1, 0.15) is 26.9 Å². The minimum absolute atomic E-state index is 0.0000229. The van der Waals surface area contributed by atoms with Crippen LogP contribution in [0.5, 0.6) is 0 Å². The van der Waals surface area contributed by atoms with Crippen LogP contribution < -0.4 is 14.7 Å². The standard InChI is InChI=1S/C54H105N7O10/c1-6-8-10-12-14-16-18-20-22-24-26-28-30-32-34-36-50(64)70-48-60(45-67-4)53-55-52(59(44-66-3)47-69-43-40-58(38-41-62)39-42-63)56-54(57-53)61(46-68-5)49-71-51(65)37-35-33-31-29-27-25-23-21-19-17-15-13-11-9-7-2/h62-63H,6-49H2,1-5H3. The minimum atomic E-state index is -0.317. The van der Waals surface area contributed by atoms with Gasteiger partial charge in [-0.05, 0) is 12.8 Å². The molecule has 0 amide bonds. The van der Waals surface area contributed by atoms with E-state index < -0.39 is 0 Å². The molecule has 1 aromatic heterocycles. The molecule has 0 unspecified atom stereocenters. The Kier molecular flexibility index (Phi) is 45.9. The van der Waals surface area contributed by atoms with Crippen molar-refractivity contribution >= 4 is 29.8 Å². The molecule has 71 heavy (non-hydrogen) atoms. The molecule has 0 spiro atoms. The van der Waals surface area contributed by atoms with E-state index in [9.17, 15) is 19.8 Å². The molecule has 17 nitrogen and oxygen atoms in total. The summed E-state index contributed by atoms with van der Waals surface area (Å²) < 4.78 is 34.1. The van der Waals surface area contributed by atoms with E-state index in [2.05, 4.69) is 13.8 Å². The van der Waals surface area contributed by atoms with Crippen molar-refractivity contribution in [1.29, 1.82) is 0 Å². The molecule has 0 saturated heterocycles. The van der Waals surface area contributed by atoms with Gasteiger partial charge in [0.2, 0.25) is 17.8 Å². The van der Waals surface area contributed by atoms with Gasteiger partial charge in [0.05, 0.1) is 19.8 Å². The highest BCUT2D eigenvalue weighted by Gasteiger charge is 2.23. The van der Waals surface area contributed by atoms with E-state index in [1.54, 1.807) is 21.8 Å². The summed E-state index contributed by atoms with van der Waals surface area (Å²) in [5, 5.41) is 18.9. The Morgan fingerprint density at radius 1 is 0.394 bits per heavy atom. The van der Waals surface area contributed by atoms with Crippen molar-refractivity contribution < 1.29 is 48.2 Å². The molecule has 0 atom stereocenters. The molecule has 0 aromatic carbocycles. The monoisotopic (exact) mass is 1010 g/mol. The van der Waals surface area contributed by atoms with Gasteiger partial charge in [-0.2, -0.15) is 15.0 Å². The summed E-state index contributed by atoms with van der Waals surface area (Å²) in [5.74, 6) is -0.152. The lowest BCUT2D eigenvalue weighted by molar-refractivity contribution is -0.144. The minimum Gasteiger partial charge on any atom is -0.444 e. The molecule has 1 heterocycles. The average molecular weight is 1010 g/mol. The van der Waals surface area contributed by atoms with Crippen LogP contribution in [0.1, 0.15) is 219 Å². The Morgan fingerprint density at radius 2 is 0.676 bits per heavy atom. The zero-order valence-electron chi connectivity index (χ0n) is 45.9. The highest BCUT2D eigenvalue weighted by atomic mass is 16.6. The van der Waals surface area contributed by atoms with Gasteiger partial charge in [-0.3, -0.25) is 29.2 Å². The third-order valence-electron chi connectivity index (χ3n) is 12.7. The molecule has 1 rings (SSSR count). The number of aliphatic hydroxyl groups excluding tert-OH is 2. The zero-order chi connectivity index (χ0) is 51.7. The number of methoxy groups -OCH3 is 3. The van der Waals surface area contributed by atoms with E-state index >= 15 is 0 Å². The van der Waals surface area contributed by atoms with Crippen LogP contribution in [0.4, 0.5) is 17.8 Å². The van der Waals surface area contributed by atoms with Crippen LogP contribution in [0.25, 0.3) is 0 Å². The fraction of sp³-hybridized carbons (Fsp3) is 0.907. The van der Waals surface area contributed by atoms with Gasteiger partial charge >= 0.3 is 11.9 Å². The number of unbranched alkanes of at least 4 members (excludes halogenated alkanes) is 28. The lowest BCUT2D eigenvalue weighted by Crippen LogP contribution is -2.37. The molecule has 2 N–H and O–H groups in total. The largest absolute Gasteiger partial charge is 0.444 e. The third kappa shape index (κ3) is 37.5. The second kappa shape index (κ2) is 49.3. The number of esters is 2. The first-order chi connectivity index (χ1) is 34.9. The third-order valence-corrected chi connectivity index (χ3v) is 12.7. The topological polar surface area (TPSA) is 182 Å². The predicted octanol–water partition coefficient (Wildman–Crippen LogP) is 10.9. The van der Waals surface area contributed by atoms with E-state index in [0.717, 1.165) is 38.5 Å². The molecular weight excluding hydrogens is 907 g/mol. The number of rotatable bonds is 54. The number of aliphatic hydroxyl groups is 2. The first-order valence-electron chi connectivity index (χ1n) is 28.2. The van der Waals surface area contributed by atoms with E-state index in [-0.39, 0.29) is 83.4 Å². The van der Waals surface area contributed by atoms with Crippen molar-refractivity contribution in [3.63, 3.8) is 0 Å². The van der Waals surface area contributed by atoms with Crippen LogP contribution in [-0.4, -0.2) is 143 Å². The Morgan fingerprint density at radius 3 is 0.958 bits per heavy atom.